The summed E-state index contributed by atoms with van der Waals surface area (Å²) in [6.07, 6.45) is 7.07. The summed E-state index contributed by atoms with van der Waals surface area (Å²) >= 11 is 3.34. The molecule has 0 radical (unpaired) electrons. The van der Waals surface area contributed by atoms with E-state index in [9.17, 15) is 9.90 Å². The van der Waals surface area contributed by atoms with Crippen molar-refractivity contribution >= 4 is 29.4 Å². The van der Waals surface area contributed by atoms with Crippen LogP contribution in [0.3, 0.4) is 0 Å². The Kier molecular flexibility index (Phi) is 6.74. The van der Waals surface area contributed by atoms with Crippen LogP contribution in [0.25, 0.3) is 0 Å². The summed E-state index contributed by atoms with van der Waals surface area (Å²) in [7, 11) is 0. The van der Waals surface area contributed by atoms with Gasteiger partial charge in [0, 0.05) is 17.5 Å². The number of nitrogens with one attached hydrogen (secondary N) is 1. The minimum Gasteiger partial charge on any atom is -0.387 e. The summed E-state index contributed by atoms with van der Waals surface area (Å²) in [5, 5.41) is 13.4. The van der Waals surface area contributed by atoms with E-state index in [0.717, 1.165) is 0 Å². The van der Waals surface area contributed by atoms with E-state index < -0.39 is 5.60 Å². The van der Waals surface area contributed by atoms with Gasteiger partial charge < -0.3 is 10.4 Å². The van der Waals surface area contributed by atoms with Crippen LogP contribution in [-0.4, -0.2) is 46.2 Å². The monoisotopic (exact) mass is 277 g/mol. The lowest BCUT2D eigenvalue weighted by molar-refractivity contribution is -0.119. The Labute approximate surface area is 112 Å². The number of amides is 1. The maximum atomic E-state index is 11.6. The van der Waals surface area contributed by atoms with Crippen LogP contribution in [0.2, 0.25) is 0 Å². The highest BCUT2D eigenvalue weighted by atomic mass is 32.2. The first-order valence-corrected chi connectivity index (χ1v) is 8.57. The molecule has 17 heavy (non-hydrogen) atoms. The second-order valence-electron chi connectivity index (χ2n) is 4.92. The maximum Gasteiger partial charge on any atom is 0.230 e. The fourth-order valence-corrected chi connectivity index (χ4v) is 3.83. The molecule has 0 aliphatic heterocycles. The van der Waals surface area contributed by atoms with Crippen molar-refractivity contribution in [2.24, 2.45) is 0 Å². The third-order valence-electron chi connectivity index (χ3n) is 2.87. The molecule has 1 saturated carbocycles. The fourth-order valence-electron chi connectivity index (χ4n) is 1.95. The molecule has 1 aliphatic rings. The smallest absolute Gasteiger partial charge is 0.230 e. The molecule has 100 valence electrons. The largest absolute Gasteiger partial charge is 0.387 e. The minimum atomic E-state index is -0.799. The number of hydrogen-bond acceptors (Lipinski definition) is 4. The van der Waals surface area contributed by atoms with Crippen LogP contribution in [0, 0.1) is 0 Å². The second kappa shape index (κ2) is 7.54. The number of hydrogen-bond donors (Lipinski definition) is 2. The zero-order chi connectivity index (χ0) is 12.7. The number of aliphatic hydroxyl groups is 1. The summed E-state index contributed by atoms with van der Waals surface area (Å²) in [6.45, 7) is 2.10. The van der Waals surface area contributed by atoms with Gasteiger partial charge in [0.15, 0.2) is 0 Å². The molecule has 0 aromatic carbocycles. The molecule has 2 N–H and O–H groups in total. The van der Waals surface area contributed by atoms with E-state index in [2.05, 4.69) is 5.32 Å². The van der Waals surface area contributed by atoms with E-state index in [1.807, 2.05) is 6.26 Å². The average Bonchev–Trinajstić information content (AvgIpc) is 2.76. The summed E-state index contributed by atoms with van der Waals surface area (Å²) in [5.74, 6) is 1.21. The van der Waals surface area contributed by atoms with Gasteiger partial charge in [-0.1, -0.05) is 12.8 Å². The number of thioether (sulfide) groups is 2. The Bertz CT molecular complexity index is 241. The lowest BCUT2D eigenvalue weighted by atomic mass is 10.1. The molecule has 1 rings (SSSR count). The quantitative estimate of drug-likeness (QED) is 0.746. The first-order valence-electron chi connectivity index (χ1n) is 6.13. The highest BCUT2D eigenvalue weighted by molar-refractivity contribution is 8.00. The van der Waals surface area contributed by atoms with E-state index in [4.69, 9.17) is 0 Å². The van der Waals surface area contributed by atoms with Gasteiger partial charge in [-0.3, -0.25) is 4.79 Å². The Hall–Kier alpha value is 0.130. The van der Waals surface area contributed by atoms with Crippen LogP contribution < -0.4 is 5.32 Å². The fraction of sp³-hybridized carbons (Fsp3) is 0.917. The highest BCUT2D eigenvalue weighted by Crippen LogP contribution is 2.29. The van der Waals surface area contributed by atoms with Crippen molar-refractivity contribution < 1.29 is 9.90 Å². The van der Waals surface area contributed by atoms with Crippen molar-refractivity contribution in [1.82, 2.24) is 5.32 Å². The van der Waals surface area contributed by atoms with Crippen molar-refractivity contribution in [2.75, 3.05) is 24.3 Å². The number of carbonyl (C=O) groups is 1. The molecule has 0 heterocycles. The molecule has 0 bridgehead atoms. The van der Waals surface area contributed by atoms with Crippen molar-refractivity contribution in [3.8, 4) is 0 Å². The van der Waals surface area contributed by atoms with Crippen LogP contribution >= 0.6 is 23.5 Å². The maximum absolute atomic E-state index is 11.6. The molecule has 5 heteroatoms. The number of carbonyl (C=O) groups excluding carboxylic acids is 1. The third kappa shape index (κ3) is 6.58. The molecule has 0 aromatic heterocycles. The van der Waals surface area contributed by atoms with Crippen molar-refractivity contribution in [1.29, 1.82) is 0 Å². The molecule has 0 aromatic rings. The molecule has 3 nitrogen and oxygen atoms in total. The zero-order valence-corrected chi connectivity index (χ0v) is 12.3. The van der Waals surface area contributed by atoms with Gasteiger partial charge in [-0.2, -0.15) is 11.8 Å². The molecule has 0 spiro atoms. The van der Waals surface area contributed by atoms with Gasteiger partial charge in [0.2, 0.25) is 5.91 Å². The summed E-state index contributed by atoms with van der Waals surface area (Å²) in [5.41, 5.74) is -0.799. The van der Waals surface area contributed by atoms with Crippen LogP contribution in [-0.2, 0) is 4.79 Å². The van der Waals surface area contributed by atoms with Crippen LogP contribution in [0.15, 0.2) is 0 Å². The molecule has 1 unspecified atom stereocenters. The van der Waals surface area contributed by atoms with Crippen LogP contribution in [0.1, 0.15) is 32.6 Å². The Morgan fingerprint density at radius 1 is 1.47 bits per heavy atom. The van der Waals surface area contributed by atoms with E-state index in [1.54, 1.807) is 30.4 Å². The van der Waals surface area contributed by atoms with E-state index in [-0.39, 0.29) is 5.91 Å². The molecular formula is C12H23NO2S2. The SMILES string of the molecule is CSCC(C)(O)CNC(=O)CSC1CCCC1. The van der Waals surface area contributed by atoms with Crippen LogP contribution in [0.4, 0.5) is 0 Å². The lowest BCUT2D eigenvalue weighted by Crippen LogP contribution is -2.43. The summed E-state index contributed by atoms with van der Waals surface area (Å²) < 4.78 is 0. The molecule has 1 amide bonds. The molecule has 0 saturated heterocycles. The topological polar surface area (TPSA) is 49.3 Å². The first kappa shape index (κ1) is 15.2. The van der Waals surface area contributed by atoms with Gasteiger partial charge in [0.1, 0.15) is 0 Å². The normalized spacial score (nSPS) is 20.2. The highest BCUT2D eigenvalue weighted by Gasteiger charge is 2.21. The number of rotatable bonds is 7. The standard InChI is InChI=1S/C12H23NO2S2/c1-12(15,9-16-2)8-13-11(14)7-17-10-5-3-4-6-10/h10,15H,3-9H2,1-2H3,(H,13,14). The van der Waals surface area contributed by atoms with Gasteiger partial charge in [0.25, 0.3) is 0 Å². The van der Waals surface area contributed by atoms with Gasteiger partial charge in [-0.05, 0) is 26.0 Å². The first-order chi connectivity index (χ1) is 8.03. The predicted molar refractivity (Wildman–Crippen MR) is 76.7 cm³/mol. The predicted octanol–water partition coefficient (Wildman–Crippen LogP) is 1.89. The third-order valence-corrected chi connectivity index (χ3v) is 5.16. The van der Waals surface area contributed by atoms with Gasteiger partial charge in [-0.15, -0.1) is 11.8 Å². The van der Waals surface area contributed by atoms with Crippen molar-refractivity contribution in [2.45, 2.75) is 43.5 Å². The van der Waals surface area contributed by atoms with Crippen molar-refractivity contribution in [3.05, 3.63) is 0 Å². The Morgan fingerprint density at radius 2 is 2.12 bits per heavy atom. The van der Waals surface area contributed by atoms with E-state index in [1.165, 1.54) is 25.7 Å². The molecule has 1 atom stereocenters. The van der Waals surface area contributed by atoms with Crippen LogP contribution in [0.5, 0.6) is 0 Å². The van der Waals surface area contributed by atoms with E-state index >= 15 is 0 Å². The minimum absolute atomic E-state index is 0.0447. The van der Waals surface area contributed by atoms with Gasteiger partial charge in [0.05, 0.1) is 11.4 Å². The Morgan fingerprint density at radius 3 is 2.71 bits per heavy atom. The second-order valence-corrected chi connectivity index (χ2v) is 7.08. The lowest BCUT2D eigenvalue weighted by Gasteiger charge is -2.22. The van der Waals surface area contributed by atoms with Gasteiger partial charge in [-0.25, -0.2) is 0 Å². The van der Waals surface area contributed by atoms with E-state index in [0.29, 0.717) is 23.3 Å². The summed E-state index contributed by atoms with van der Waals surface area (Å²) in [4.78, 5) is 11.6. The molecular weight excluding hydrogens is 254 g/mol. The van der Waals surface area contributed by atoms with Gasteiger partial charge >= 0.3 is 0 Å². The average molecular weight is 277 g/mol. The Balaban J connectivity index is 2.11. The molecule has 1 aliphatic carbocycles. The molecule has 1 fully saturated rings. The van der Waals surface area contributed by atoms with Crippen molar-refractivity contribution in [3.63, 3.8) is 0 Å². The summed E-state index contributed by atoms with van der Waals surface area (Å²) in [6, 6.07) is 0. The zero-order valence-electron chi connectivity index (χ0n) is 10.7.